The second-order valence-corrected chi connectivity index (χ2v) is 8.30. The minimum atomic E-state index is -1.88. The summed E-state index contributed by atoms with van der Waals surface area (Å²) in [5.41, 5.74) is 0.299. The van der Waals surface area contributed by atoms with Gasteiger partial charge >= 0.3 is 8.56 Å². The lowest BCUT2D eigenvalue weighted by Gasteiger charge is -2.33. The number of rotatable bonds is 5. The first-order valence-electron chi connectivity index (χ1n) is 4.99. The van der Waals surface area contributed by atoms with E-state index in [2.05, 4.69) is 27.7 Å². The molecule has 0 bridgehead atoms. The first kappa shape index (κ1) is 13.1. The Labute approximate surface area is 83.9 Å². The van der Waals surface area contributed by atoms with Crippen LogP contribution < -0.4 is 0 Å². The predicted molar refractivity (Wildman–Crippen MR) is 59.1 cm³/mol. The largest absolute Gasteiger partial charge is 0.398 e. The Morgan fingerprint density at radius 3 is 1.77 bits per heavy atom. The Kier molecular flexibility index (Phi) is 5.18. The van der Waals surface area contributed by atoms with Crippen LogP contribution in [-0.2, 0) is 8.85 Å². The molecule has 0 spiro atoms. The Hall–Kier alpha value is 0.137. The van der Waals surface area contributed by atoms with E-state index in [4.69, 9.17) is 8.85 Å². The van der Waals surface area contributed by atoms with Gasteiger partial charge in [-0.3, -0.25) is 0 Å². The average Bonchev–Trinajstić information content (AvgIpc) is 2.01. The minimum absolute atomic E-state index is 0.299. The second kappa shape index (κ2) is 5.13. The molecule has 0 aliphatic heterocycles. The fourth-order valence-electron chi connectivity index (χ4n) is 1.71. The highest BCUT2D eigenvalue weighted by Gasteiger charge is 2.38. The summed E-state index contributed by atoms with van der Waals surface area (Å²) in [7, 11) is 1.70. The highest BCUT2D eigenvalue weighted by molar-refractivity contribution is 6.67. The van der Waals surface area contributed by atoms with Crippen LogP contribution in [0.4, 0.5) is 0 Å². The summed E-state index contributed by atoms with van der Waals surface area (Å²) in [4.78, 5) is 0. The smallest absolute Gasteiger partial charge is 0.338 e. The van der Waals surface area contributed by atoms with E-state index in [1.54, 1.807) is 14.2 Å². The summed E-state index contributed by atoms with van der Waals surface area (Å²) >= 11 is 0. The summed E-state index contributed by atoms with van der Waals surface area (Å²) < 4.78 is 11.2. The van der Waals surface area contributed by atoms with Crippen molar-refractivity contribution in [1.29, 1.82) is 0 Å². The van der Waals surface area contributed by atoms with Gasteiger partial charge in [0, 0.05) is 14.2 Å². The van der Waals surface area contributed by atoms with E-state index in [-0.39, 0.29) is 0 Å². The third-order valence-electron chi connectivity index (χ3n) is 2.17. The van der Waals surface area contributed by atoms with E-state index in [9.17, 15) is 0 Å². The highest BCUT2D eigenvalue weighted by atomic mass is 28.4. The van der Waals surface area contributed by atoms with Crippen molar-refractivity contribution in [2.75, 3.05) is 14.2 Å². The van der Waals surface area contributed by atoms with E-state index in [1.165, 1.54) is 0 Å². The molecule has 0 saturated carbocycles. The molecule has 0 aliphatic carbocycles. The normalized spacial score (nSPS) is 13.4. The summed E-state index contributed by atoms with van der Waals surface area (Å²) in [6.07, 6.45) is 1.14. The SMILES string of the molecule is CCC[Si](CC(C)(C)C)(OC)OC. The maximum absolute atomic E-state index is 5.62. The molecule has 0 N–H and O–H groups in total. The average molecular weight is 204 g/mol. The van der Waals surface area contributed by atoms with Gasteiger partial charge in [-0.05, 0) is 17.5 Å². The van der Waals surface area contributed by atoms with Crippen molar-refractivity contribution in [3.63, 3.8) is 0 Å². The zero-order chi connectivity index (χ0) is 10.5. The van der Waals surface area contributed by atoms with Gasteiger partial charge < -0.3 is 8.85 Å². The van der Waals surface area contributed by atoms with Crippen molar-refractivity contribution in [3.8, 4) is 0 Å². The molecule has 3 heteroatoms. The molecule has 0 aliphatic rings. The van der Waals surface area contributed by atoms with Gasteiger partial charge in [-0.25, -0.2) is 0 Å². The zero-order valence-electron chi connectivity index (χ0n) is 9.94. The van der Waals surface area contributed by atoms with Crippen molar-refractivity contribution in [2.24, 2.45) is 5.41 Å². The Morgan fingerprint density at radius 2 is 1.54 bits per heavy atom. The standard InChI is InChI=1S/C10H24O2Si/c1-7-8-13(11-5,12-6)9-10(2,3)4/h7-9H2,1-6H3. The van der Waals surface area contributed by atoms with Crippen LogP contribution in [0.5, 0.6) is 0 Å². The quantitative estimate of drug-likeness (QED) is 0.640. The van der Waals surface area contributed by atoms with Gasteiger partial charge in [0.25, 0.3) is 0 Å². The maximum atomic E-state index is 5.62. The monoisotopic (exact) mass is 204 g/mol. The zero-order valence-corrected chi connectivity index (χ0v) is 10.9. The maximum Gasteiger partial charge on any atom is 0.338 e. The molecule has 0 aromatic heterocycles. The molecule has 13 heavy (non-hydrogen) atoms. The van der Waals surface area contributed by atoms with E-state index >= 15 is 0 Å². The number of hydrogen-bond acceptors (Lipinski definition) is 2. The Morgan fingerprint density at radius 1 is 1.08 bits per heavy atom. The summed E-state index contributed by atoms with van der Waals surface area (Å²) in [6.45, 7) is 8.90. The molecular weight excluding hydrogens is 180 g/mol. The fourth-order valence-corrected chi connectivity index (χ4v) is 5.13. The van der Waals surface area contributed by atoms with Crippen molar-refractivity contribution < 1.29 is 8.85 Å². The van der Waals surface area contributed by atoms with Crippen molar-refractivity contribution >= 4 is 8.56 Å². The predicted octanol–water partition coefficient (Wildman–Crippen LogP) is 3.18. The summed E-state index contributed by atoms with van der Waals surface area (Å²) in [6, 6.07) is 2.16. The molecular formula is C10H24O2Si. The summed E-state index contributed by atoms with van der Waals surface area (Å²) in [5.74, 6) is 0. The lowest BCUT2D eigenvalue weighted by atomic mass is 10.0. The lowest BCUT2D eigenvalue weighted by molar-refractivity contribution is 0.223. The fraction of sp³-hybridized carbons (Fsp3) is 1.00. The van der Waals surface area contributed by atoms with Gasteiger partial charge in [0.15, 0.2) is 0 Å². The summed E-state index contributed by atoms with van der Waals surface area (Å²) in [5, 5.41) is 0. The van der Waals surface area contributed by atoms with Crippen molar-refractivity contribution in [1.82, 2.24) is 0 Å². The topological polar surface area (TPSA) is 18.5 Å². The molecule has 0 fully saturated rings. The molecule has 0 aromatic rings. The Balaban J connectivity index is 4.38. The molecule has 0 atom stereocenters. The minimum Gasteiger partial charge on any atom is -0.398 e. The van der Waals surface area contributed by atoms with Crippen LogP contribution in [0.15, 0.2) is 0 Å². The van der Waals surface area contributed by atoms with Gasteiger partial charge in [-0.1, -0.05) is 34.1 Å². The van der Waals surface area contributed by atoms with E-state index in [1.807, 2.05) is 0 Å². The molecule has 0 unspecified atom stereocenters. The third-order valence-corrected chi connectivity index (χ3v) is 6.52. The van der Waals surface area contributed by atoms with E-state index in [0.29, 0.717) is 5.41 Å². The molecule has 0 rings (SSSR count). The molecule has 0 heterocycles. The van der Waals surface area contributed by atoms with Gasteiger partial charge in [-0.15, -0.1) is 0 Å². The van der Waals surface area contributed by atoms with Crippen LogP contribution in [0.3, 0.4) is 0 Å². The van der Waals surface area contributed by atoms with Crippen LogP contribution in [0.2, 0.25) is 12.1 Å². The van der Waals surface area contributed by atoms with Crippen molar-refractivity contribution in [2.45, 2.75) is 46.2 Å². The second-order valence-electron chi connectivity index (χ2n) is 4.81. The van der Waals surface area contributed by atoms with E-state index in [0.717, 1.165) is 18.5 Å². The van der Waals surface area contributed by atoms with Crippen LogP contribution >= 0.6 is 0 Å². The first-order valence-corrected chi connectivity index (χ1v) is 7.22. The molecule has 0 radical (unpaired) electrons. The molecule has 0 saturated heterocycles. The molecule has 0 amide bonds. The Bertz CT molecular complexity index is 136. The van der Waals surface area contributed by atoms with E-state index < -0.39 is 8.56 Å². The molecule has 0 aromatic carbocycles. The van der Waals surface area contributed by atoms with Gasteiger partial charge in [0.05, 0.1) is 0 Å². The van der Waals surface area contributed by atoms with Crippen LogP contribution in [0.25, 0.3) is 0 Å². The van der Waals surface area contributed by atoms with Crippen molar-refractivity contribution in [3.05, 3.63) is 0 Å². The van der Waals surface area contributed by atoms with Gasteiger partial charge in [0.2, 0.25) is 0 Å². The van der Waals surface area contributed by atoms with Crippen LogP contribution in [-0.4, -0.2) is 22.8 Å². The lowest BCUT2D eigenvalue weighted by Crippen LogP contribution is -2.43. The van der Waals surface area contributed by atoms with Gasteiger partial charge in [0.1, 0.15) is 0 Å². The molecule has 80 valence electrons. The third kappa shape index (κ3) is 4.79. The molecule has 2 nitrogen and oxygen atoms in total. The van der Waals surface area contributed by atoms with Crippen LogP contribution in [0.1, 0.15) is 34.1 Å². The van der Waals surface area contributed by atoms with Gasteiger partial charge in [-0.2, -0.15) is 0 Å². The highest BCUT2D eigenvalue weighted by Crippen LogP contribution is 2.31. The van der Waals surface area contributed by atoms with Crippen LogP contribution in [0, 0.1) is 5.41 Å². The number of hydrogen-bond donors (Lipinski definition) is 0. The first-order chi connectivity index (χ1) is 5.89.